The van der Waals surface area contributed by atoms with Crippen molar-refractivity contribution in [3.8, 4) is 0 Å². The first kappa shape index (κ1) is 11.7. The monoisotopic (exact) mass is 251 g/mol. The van der Waals surface area contributed by atoms with Gasteiger partial charge < -0.3 is 5.11 Å². The van der Waals surface area contributed by atoms with Crippen molar-refractivity contribution < 1.29 is 14.3 Å². The van der Waals surface area contributed by atoms with Gasteiger partial charge in [0.1, 0.15) is 5.82 Å². The largest absolute Gasteiger partial charge is 0.481 e. The number of hydrogen-bond acceptors (Lipinski definition) is 3. The van der Waals surface area contributed by atoms with Crippen LogP contribution in [0.2, 0.25) is 0 Å². The summed E-state index contributed by atoms with van der Waals surface area (Å²) in [6, 6.07) is 5.97. The molecule has 0 spiro atoms. The summed E-state index contributed by atoms with van der Waals surface area (Å²) in [5.74, 6) is -2.37. The van der Waals surface area contributed by atoms with Crippen molar-refractivity contribution in [2.75, 3.05) is 0 Å². The predicted octanol–water partition coefficient (Wildman–Crippen LogP) is 2.69. The molecule has 0 bridgehead atoms. The highest BCUT2D eigenvalue weighted by atomic mass is 32.1. The van der Waals surface area contributed by atoms with Crippen molar-refractivity contribution in [2.45, 2.75) is 12.3 Å². The lowest BCUT2D eigenvalue weighted by Crippen LogP contribution is -2.15. The standard InChI is InChI=1S/C12H10FNO2S/c13-11-4-2-1-3-9(11)10(12(15)16)5-8-6-14-7-17-8/h1-4,6-7,10H,5H2,(H,15,16). The zero-order chi connectivity index (χ0) is 12.3. The highest BCUT2D eigenvalue weighted by molar-refractivity contribution is 7.09. The Hall–Kier alpha value is -1.75. The summed E-state index contributed by atoms with van der Waals surface area (Å²) in [5.41, 5.74) is 1.85. The van der Waals surface area contributed by atoms with Crippen molar-refractivity contribution in [1.82, 2.24) is 4.98 Å². The number of hydrogen-bond donors (Lipinski definition) is 1. The molecule has 1 aromatic carbocycles. The second kappa shape index (κ2) is 5.05. The average molecular weight is 251 g/mol. The molecule has 1 N–H and O–H groups in total. The van der Waals surface area contributed by atoms with Gasteiger partial charge >= 0.3 is 5.97 Å². The molecule has 2 aromatic rings. The Morgan fingerprint density at radius 1 is 1.47 bits per heavy atom. The van der Waals surface area contributed by atoms with Crippen LogP contribution in [-0.2, 0) is 11.2 Å². The molecule has 3 nitrogen and oxygen atoms in total. The van der Waals surface area contributed by atoms with E-state index in [0.717, 1.165) is 4.88 Å². The van der Waals surface area contributed by atoms with E-state index in [4.69, 9.17) is 5.11 Å². The van der Waals surface area contributed by atoms with E-state index in [1.54, 1.807) is 23.8 Å². The van der Waals surface area contributed by atoms with Crippen molar-refractivity contribution in [1.29, 1.82) is 0 Å². The first-order valence-electron chi connectivity index (χ1n) is 5.03. The summed E-state index contributed by atoms with van der Waals surface area (Å²) in [6.45, 7) is 0. The minimum atomic E-state index is -1.02. The van der Waals surface area contributed by atoms with Gasteiger partial charge in [-0.3, -0.25) is 9.78 Å². The summed E-state index contributed by atoms with van der Waals surface area (Å²) in [7, 11) is 0. The number of carboxylic acids is 1. The molecule has 0 saturated heterocycles. The van der Waals surface area contributed by atoms with Gasteiger partial charge in [0.25, 0.3) is 0 Å². The summed E-state index contributed by atoms with van der Waals surface area (Å²) in [4.78, 5) is 15.9. The lowest BCUT2D eigenvalue weighted by molar-refractivity contribution is -0.138. The summed E-state index contributed by atoms with van der Waals surface area (Å²) < 4.78 is 13.6. The van der Waals surface area contributed by atoms with Crippen LogP contribution >= 0.6 is 11.3 Å². The van der Waals surface area contributed by atoms with Crippen molar-refractivity contribution in [3.63, 3.8) is 0 Å². The molecular formula is C12H10FNO2S. The van der Waals surface area contributed by atoms with E-state index in [1.807, 2.05) is 0 Å². The van der Waals surface area contributed by atoms with E-state index in [0.29, 0.717) is 0 Å². The number of carboxylic acid groups (broad SMARTS) is 1. The van der Waals surface area contributed by atoms with Crippen LogP contribution in [-0.4, -0.2) is 16.1 Å². The summed E-state index contributed by atoms with van der Waals surface area (Å²) in [6.07, 6.45) is 1.88. The summed E-state index contributed by atoms with van der Waals surface area (Å²) >= 11 is 1.37. The van der Waals surface area contributed by atoms with E-state index in [2.05, 4.69) is 4.98 Å². The third-order valence-corrected chi connectivity index (χ3v) is 3.27. The van der Waals surface area contributed by atoms with Crippen LogP contribution in [0.3, 0.4) is 0 Å². The first-order chi connectivity index (χ1) is 8.18. The van der Waals surface area contributed by atoms with Crippen LogP contribution in [0.5, 0.6) is 0 Å². The molecule has 0 saturated carbocycles. The average Bonchev–Trinajstić information content (AvgIpc) is 2.79. The number of aliphatic carboxylic acids is 1. The van der Waals surface area contributed by atoms with Crippen LogP contribution in [0.1, 0.15) is 16.4 Å². The second-order valence-corrected chi connectivity index (χ2v) is 4.56. The number of aromatic nitrogens is 1. The van der Waals surface area contributed by atoms with E-state index in [1.165, 1.54) is 23.5 Å². The third-order valence-electron chi connectivity index (χ3n) is 2.47. The number of rotatable bonds is 4. The fourth-order valence-corrected chi connectivity index (χ4v) is 2.27. The van der Waals surface area contributed by atoms with E-state index < -0.39 is 17.7 Å². The Kier molecular flexibility index (Phi) is 3.49. The van der Waals surface area contributed by atoms with E-state index in [-0.39, 0.29) is 12.0 Å². The smallest absolute Gasteiger partial charge is 0.311 e. The van der Waals surface area contributed by atoms with E-state index in [9.17, 15) is 9.18 Å². The Morgan fingerprint density at radius 2 is 2.24 bits per heavy atom. The zero-order valence-electron chi connectivity index (χ0n) is 8.84. The topological polar surface area (TPSA) is 50.2 Å². The molecule has 5 heteroatoms. The Bertz CT molecular complexity index is 513. The number of nitrogens with zero attached hydrogens (tertiary/aromatic N) is 1. The Balaban J connectivity index is 2.30. The quantitative estimate of drug-likeness (QED) is 0.908. The highest BCUT2D eigenvalue weighted by Gasteiger charge is 2.23. The number of carbonyl (C=O) groups is 1. The van der Waals surface area contributed by atoms with Gasteiger partial charge in [0, 0.05) is 23.1 Å². The third kappa shape index (κ3) is 2.68. The van der Waals surface area contributed by atoms with Crippen molar-refractivity contribution in [2.24, 2.45) is 0 Å². The van der Waals surface area contributed by atoms with Gasteiger partial charge in [-0.1, -0.05) is 18.2 Å². The van der Waals surface area contributed by atoms with Gasteiger partial charge in [-0.15, -0.1) is 11.3 Å². The van der Waals surface area contributed by atoms with Crippen molar-refractivity contribution >= 4 is 17.3 Å². The maximum Gasteiger partial charge on any atom is 0.311 e. The molecule has 0 amide bonds. The van der Waals surface area contributed by atoms with Gasteiger partial charge in [-0.2, -0.15) is 0 Å². The van der Waals surface area contributed by atoms with Crippen LogP contribution in [0.4, 0.5) is 4.39 Å². The minimum absolute atomic E-state index is 0.216. The van der Waals surface area contributed by atoms with Gasteiger partial charge in [0.15, 0.2) is 0 Å². The maximum atomic E-state index is 13.6. The molecule has 0 aliphatic carbocycles. The molecule has 0 aliphatic rings. The lowest BCUT2D eigenvalue weighted by Gasteiger charge is -2.12. The van der Waals surface area contributed by atoms with Gasteiger partial charge in [0.05, 0.1) is 11.4 Å². The normalized spacial score (nSPS) is 12.3. The second-order valence-electron chi connectivity index (χ2n) is 3.58. The predicted molar refractivity (Wildman–Crippen MR) is 62.6 cm³/mol. The van der Waals surface area contributed by atoms with Crippen LogP contribution in [0.15, 0.2) is 36.0 Å². The fourth-order valence-electron chi connectivity index (χ4n) is 1.63. The molecule has 0 aliphatic heterocycles. The van der Waals surface area contributed by atoms with Crippen LogP contribution < -0.4 is 0 Å². The molecule has 1 aromatic heterocycles. The van der Waals surface area contributed by atoms with Gasteiger partial charge in [0.2, 0.25) is 0 Å². The molecule has 2 rings (SSSR count). The van der Waals surface area contributed by atoms with Crippen molar-refractivity contribution in [3.05, 3.63) is 52.2 Å². The molecule has 88 valence electrons. The molecule has 0 fully saturated rings. The fraction of sp³-hybridized carbons (Fsp3) is 0.167. The lowest BCUT2D eigenvalue weighted by atomic mass is 9.95. The number of thiazole rings is 1. The zero-order valence-corrected chi connectivity index (χ0v) is 9.65. The maximum absolute atomic E-state index is 13.6. The van der Waals surface area contributed by atoms with Crippen LogP contribution in [0.25, 0.3) is 0 Å². The van der Waals surface area contributed by atoms with Crippen LogP contribution in [0, 0.1) is 5.82 Å². The summed E-state index contributed by atoms with van der Waals surface area (Å²) in [5, 5.41) is 9.17. The Labute approximate surface area is 102 Å². The van der Waals surface area contributed by atoms with Gasteiger partial charge in [-0.05, 0) is 6.07 Å². The highest BCUT2D eigenvalue weighted by Crippen LogP contribution is 2.25. The molecule has 1 unspecified atom stereocenters. The first-order valence-corrected chi connectivity index (χ1v) is 5.91. The molecular weight excluding hydrogens is 241 g/mol. The number of halogens is 1. The molecule has 1 heterocycles. The van der Waals surface area contributed by atoms with Gasteiger partial charge in [-0.25, -0.2) is 4.39 Å². The van der Waals surface area contributed by atoms with E-state index >= 15 is 0 Å². The molecule has 0 radical (unpaired) electrons. The Morgan fingerprint density at radius 3 is 2.82 bits per heavy atom. The molecule has 1 atom stereocenters. The number of benzene rings is 1. The SMILES string of the molecule is O=C(O)C(Cc1cncs1)c1ccccc1F. The minimum Gasteiger partial charge on any atom is -0.481 e. The molecule has 17 heavy (non-hydrogen) atoms.